The molecule has 1 nitrogen and oxygen atoms in total. The molecule has 2 rings (SSSR count). The van der Waals surface area contributed by atoms with Crippen molar-refractivity contribution in [2.75, 3.05) is 0 Å². The number of aromatic hydroxyl groups is 1. The maximum atomic E-state index is 12.8. The maximum absolute atomic E-state index is 12.8. The van der Waals surface area contributed by atoms with Gasteiger partial charge in [-0.25, -0.2) is 4.39 Å². The second kappa shape index (κ2) is 5.70. The Labute approximate surface area is 113 Å². The van der Waals surface area contributed by atoms with Crippen LogP contribution in [0.3, 0.4) is 0 Å². The molecule has 19 heavy (non-hydrogen) atoms. The normalized spacial score (nSPS) is 11.4. The van der Waals surface area contributed by atoms with Crippen molar-refractivity contribution in [2.24, 2.45) is 0 Å². The SMILES string of the molecule is CC(C)c1ccc(/C=C/c2ccc(F)cc2)cc1O. The van der Waals surface area contributed by atoms with E-state index in [4.69, 9.17) is 0 Å². The van der Waals surface area contributed by atoms with Gasteiger partial charge in [0.1, 0.15) is 11.6 Å². The predicted molar refractivity (Wildman–Crippen MR) is 77.5 cm³/mol. The zero-order valence-electron chi connectivity index (χ0n) is 11.1. The Morgan fingerprint density at radius 3 is 2.11 bits per heavy atom. The molecule has 2 heteroatoms. The first-order valence-corrected chi connectivity index (χ1v) is 6.33. The Balaban J connectivity index is 2.19. The van der Waals surface area contributed by atoms with Crippen molar-refractivity contribution in [3.05, 3.63) is 65.0 Å². The van der Waals surface area contributed by atoms with E-state index in [1.165, 1.54) is 12.1 Å². The van der Waals surface area contributed by atoms with Crippen LogP contribution in [0, 0.1) is 5.82 Å². The maximum Gasteiger partial charge on any atom is 0.123 e. The highest BCUT2D eigenvalue weighted by molar-refractivity contribution is 5.70. The lowest BCUT2D eigenvalue weighted by Gasteiger charge is -2.08. The standard InChI is InChI=1S/C17H17FO/c1-12(2)16-10-7-14(11-17(16)19)4-3-13-5-8-15(18)9-6-13/h3-12,19H,1-2H3/b4-3+. The van der Waals surface area contributed by atoms with Crippen LogP contribution >= 0.6 is 0 Å². The first-order chi connectivity index (χ1) is 9.06. The second-order valence-electron chi connectivity index (χ2n) is 4.86. The van der Waals surface area contributed by atoms with Crippen molar-refractivity contribution in [3.8, 4) is 5.75 Å². The molecule has 0 aliphatic rings. The third-order valence-electron chi connectivity index (χ3n) is 3.01. The molecule has 98 valence electrons. The second-order valence-corrected chi connectivity index (χ2v) is 4.86. The summed E-state index contributed by atoms with van der Waals surface area (Å²) in [6.07, 6.45) is 3.79. The van der Waals surface area contributed by atoms with Gasteiger partial charge in [0.25, 0.3) is 0 Å². The summed E-state index contributed by atoms with van der Waals surface area (Å²) in [5.41, 5.74) is 2.79. The van der Waals surface area contributed by atoms with Crippen LogP contribution in [0.15, 0.2) is 42.5 Å². The van der Waals surface area contributed by atoms with E-state index in [1.54, 1.807) is 18.2 Å². The van der Waals surface area contributed by atoms with Gasteiger partial charge in [-0.05, 0) is 40.8 Å². The highest BCUT2D eigenvalue weighted by Crippen LogP contribution is 2.26. The molecule has 0 spiro atoms. The number of rotatable bonds is 3. The summed E-state index contributed by atoms with van der Waals surface area (Å²) in [6.45, 7) is 4.09. The van der Waals surface area contributed by atoms with Gasteiger partial charge in [0.2, 0.25) is 0 Å². The fraction of sp³-hybridized carbons (Fsp3) is 0.176. The van der Waals surface area contributed by atoms with Crippen LogP contribution in [0.5, 0.6) is 5.75 Å². The first kappa shape index (κ1) is 13.3. The van der Waals surface area contributed by atoms with Crippen LogP contribution in [-0.4, -0.2) is 5.11 Å². The lowest BCUT2D eigenvalue weighted by molar-refractivity contribution is 0.465. The molecular formula is C17H17FO. The third kappa shape index (κ3) is 3.44. The molecular weight excluding hydrogens is 239 g/mol. The molecule has 2 aromatic carbocycles. The van der Waals surface area contributed by atoms with E-state index in [0.29, 0.717) is 11.7 Å². The molecule has 0 heterocycles. The summed E-state index contributed by atoms with van der Waals surface area (Å²) in [7, 11) is 0. The van der Waals surface area contributed by atoms with Crippen molar-refractivity contribution < 1.29 is 9.50 Å². The van der Waals surface area contributed by atoms with E-state index in [0.717, 1.165) is 16.7 Å². The number of hydrogen-bond donors (Lipinski definition) is 1. The van der Waals surface area contributed by atoms with Gasteiger partial charge in [-0.1, -0.05) is 50.3 Å². The summed E-state index contributed by atoms with van der Waals surface area (Å²) in [5, 5.41) is 9.91. The molecule has 0 aliphatic carbocycles. The average molecular weight is 256 g/mol. The van der Waals surface area contributed by atoms with E-state index in [1.807, 2.05) is 38.1 Å². The van der Waals surface area contributed by atoms with E-state index >= 15 is 0 Å². The van der Waals surface area contributed by atoms with Crippen molar-refractivity contribution in [3.63, 3.8) is 0 Å². The van der Waals surface area contributed by atoms with Crippen LogP contribution in [0.2, 0.25) is 0 Å². The molecule has 2 aromatic rings. The molecule has 0 bridgehead atoms. The van der Waals surface area contributed by atoms with E-state index in [-0.39, 0.29) is 5.82 Å². The number of halogens is 1. The van der Waals surface area contributed by atoms with Gasteiger partial charge in [-0.3, -0.25) is 0 Å². The fourth-order valence-electron chi connectivity index (χ4n) is 1.92. The molecule has 0 unspecified atom stereocenters. The molecule has 0 fully saturated rings. The van der Waals surface area contributed by atoms with E-state index < -0.39 is 0 Å². The lowest BCUT2D eigenvalue weighted by Crippen LogP contribution is -1.88. The third-order valence-corrected chi connectivity index (χ3v) is 3.01. The number of phenols is 1. The van der Waals surface area contributed by atoms with Crippen molar-refractivity contribution >= 4 is 12.2 Å². The Kier molecular flexibility index (Phi) is 4.00. The molecule has 0 radical (unpaired) electrons. The zero-order chi connectivity index (χ0) is 13.8. The Hall–Kier alpha value is -2.09. The largest absolute Gasteiger partial charge is 0.508 e. The highest BCUT2D eigenvalue weighted by atomic mass is 19.1. The first-order valence-electron chi connectivity index (χ1n) is 6.33. The summed E-state index contributed by atoms with van der Waals surface area (Å²) < 4.78 is 12.8. The minimum absolute atomic E-state index is 0.240. The molecule has 0 atom stereocenters. The minimum atomic E-state index is -0.240. The van der Waals surface area contributed by atoms with Gasteiger partial charge in [0, 0.05) is 0 Å². The number of hydrogen-bond acceptors (Lipinski definition) is 1. The molecule has 1 N–H and O–H groups in total. The lowest BCUT2D eigenvalue weighted by atomic mass is 10.00. The van der Waals surface area contributed by atoms with Gasteiger partial charge in [-0.2, -0.15) is 0 Å². The van der Waals surface area contributed by atoms with E-state index in [9.17, 15) is 9.50 Å². The smallest absolute Gasteiger partial charge is 0.123 e. The van der Waals surface area contributed by atoms with Crippen molar-refractivity contribution in [2.45, 2.75) is 19.8 Å². The van der Waals surface area contributed by atoms with Crippen LogP contribution < -0.4 is 0 Å². The quantitative estimate of drug-likeness (QED) is 0.780. The van der Waals surface area contributed by atoms with E-state index in [2.05, 4.69) is 0 Å². The predicted octanol–water partition coefficient (Wildman–Crippen LogP) is 4.83. The van der Waals surface area contributed by atoms with Gasteiger partial charge in [0.15, 0.2) is 0 Å². The van der Waals surface area contributed by atoms with Crippen molar-refractivity contribution in [1.82, 2.24) is 0 Å². The molecule has 0 saturated carbocycles. The van der Waals surface area contributed by atoms with Gasteiger partial charge in [-0.15, -0.1) is 0 Å². The molecule has 0 aromatic heterocycles. The Morgan fingerprint density at radius 1 is 0.947 bits per heavy atom. The summed E-state index contributed by atoms with van der Waals surface area (Å²) in [4.78, 5) is 0. The van der Waals surface area contributed by atoms with Crippen molar-refractivity contribution in [1.29, 1.82) is 0 Å². The fourth-order valence-corrected chi connectivity index (χ4v) is 1.92. The average Bonchev–Trinajstić information content (AvgIpc) is 2.37. The van der Waals surface area contributed by atoms with Gasteiger partial charge >= 0.3 is 0 Å². The molecule has 0 aliphatic heterocycles. The van der Waals surface area contributed by atoms with Crippen LogP contribution in [0.4, 0.5) is 4.39 Å². The monoisotopic (exact) mass is 256 g/mol. The molecule has 0 saturated heterocycles. The van der Waals surface area contributed by atoms with Crippen LogP contribution in [-0.2, 0) is 0 Å². The van der Waals surface area contributed by atoms with Crippen LogP contribution in [0.25, 0.3) is 12.2 Å². The summed E-state index contributed by atoms with van der Waals surface area (Å²) >= 11 is 0. The Morgan fingerprint density at radius 2 is 1.53 bits per heavy atom. The minimum Gasteiger partial charge on any atom is -0.508 e. The summed E-state index contributed by atoms with van der Waals surface area (Å²) in [6, 6.07) is 11.9. The van der Waals surface area contributed by atoms with Gasteiger partial charge in [0.05, 0.1) is 0 Å². The number of benzene rings is 2. The topological polar surface area (TPSA) is 20.2 Å². The molecule has 0 amide bonds. The van der Waals surface area contributed by atoms with Crippen LogP contribution in [0.1, 0.15) is 36.5 Å². The highest BCUT2D eigenvalue weighted by Gasteiger charge is 2.05. The Bertz CT molecular complexity index is 583. The zero-order valence-corrected chi connectivity index (χ0v) is 11.1. The van der Waals surface area contributed by atoms with Gasteiger partial charge < -0.3 is 5.11 Å². The number of phenolic OH excluding ortho intramolecular Hbond substituents is 1. The summed E-state index contributed by atoms with van der Waals surface area (Å²) in [5.74, 6) is 0.377.